The molecular formula is C28H31N5O4. The number of amides is 2. The molecule has 0 aliphatic carbocycles. The Morgan fingerprint density at radius 2 is 1.89 bits per heavy atom. The minimum atomic E-state index is -0.250. The lowest BCUT2D eigenvalue weighted by molar-refractivity contribution is -0.123. The highest BCUT2D eigenvalue weighted by Gasteiger charge is 2.35. The number of aryl methyl sites for hydroxylation is 2. The summed E-state index contributed by atoms with van der Waals surface area (Å²) >= 11 is 0. The third kappa shape index (κ3) is 5.79. The highest BCUT2D eigenvalue weighted by molar-refractivity contribution is 5.96. The Morgan fingerprint density at radius 3 is 2.73 bits per heavy atom. The van der Waals surface area contributed by atoms with Crippen molar-refractivity contribution in [2.75, 3.05) is 26.7 Å². The van der Waals surface area contributed by atoms with Crippen LogP contribution in [-0.2, 0) is 22.7 Å². The number of nitrogens with one attached hydrogen (secondary N) is 1. The molecule has 5 rings (SSSR count). The second-order valence-corrected chi connectivity index (χ2v) is 9.70. The molecule has 2 aromatic carbocycles. The number of ether oxygens (including phenoxy) is 2. The molecule has 2 aliphatic rings. The van der Waals surface area contributed by atoms with Crippen LogP contribution in [0.3, 0.4) is 0 Å². The second-order valence-electron chi connectivity index (χ2n) is 9.70. The van der Waals surface area contributed by atoms with Gasteiger partial charge in [0.2, 0.25) is 5.91 Å². The lowest BCUT2D eigenvalue weighted by atomic mass is 10.1. The highest BCUT2D eigenvalue weighted by atomic mass is 16.5. The van der Waals surface area contributed by atoms with Crippen LogP contribution in [0.2, 0.25) is 0 Å². The van der Waals surface area contributed by atoms with Crippen molar-refractivity contribution in [3.05, 3.63) is 82.9 Å². The number of nitrogens with zero attached hydrogens (tertiary/aromatic N) is 4. The number of carbonyl (C=O) groups excluding carboxylic acids is 2. The van der Waals surface area contributed by atoms with E-state index in [1.807, 2.05) is 44.2 Å². The molecule has 4 bridgehead atoms. The largest absolute Gasteiger partial charge is 0.457 e. The average molecular weight is 502 g/mol. The van der Waals surface area contributed by atoms with E-state index < -0.39 is 0 Å². The van der Waals surface area contributed by atoms with Crippen molar-refractivity contribution >= 4 is 11.8 Å². The third-order valence-corrected chi connectivity index (χ3v) is 6.80. The third-order valence-electron chi connectivity index (χ3n) is 6.80. The number of likely N-dealkylation sites (N-methyl/N-ethyl adjacent to an activating group) is 1. The molecule has 0 unspecified atom stereocenters. The molecule has 3 heterocycles. The lowest BCUT2D eigenvalue weighted by Crippen LogP contribution is -2.48. The summed E-state index contributed by atoms with van der Waals surface area (Å²) in [7, 11) is 1.63. The molecule has 3 aromatic rings. The van der Waals surface area contributed by atoms with Gasteiger partial charge in [0.1, 0.15) is 11.5 Å². The van der Waals surface area contributed by atoms with Gasteiger partial charge in [-0.2, -0.15) is 0 Å². The van der Waals surface area contributed by atoms with E-state index in [0.717, 1.165) is 22.5 Å². The van der Waals surface area contributed by atoms with Crippen LogP contribution in [0.1, 0.15) is 32.9 Å². The summed E-state index contributed by atoms with van der Waals surface area (Å²) in [4.78, 5) is 38.5. The predicted molar refractivity (Wildman–Crippen MR) is 137 cm³/mol. The lowest BCUT2D eigenvalue weighted by Gasteiger charge is -2.23. The summed E-state index contributed by atoms with van der Waals surface area (Å²) in [6.45, 7) is 6.04. The van der Waals surface area contributed by atoms with Crippen molar-refractivity contribution in [3.63, 3.8) is 0 Å². The Morgan fingerprint density at radius 1 is 1.05 bits per heavy atom. The first-order chi connectivity index (χ1) is 17.9. The molecule has 2 amide bonds. The van der Waals surface area contributed by atoms with Crippen LogP contribution in [0.25, 0.3) is 0 Å². The molecule has 1 N–H and O–H groups in total. The maximum absolute atomic E-state index is 13.1. The normalized spacial score (nSPS) is 20.8. The van der Waals surface area contributed by atoms with Gasteiger partial charge in [-0.15, -0.1) is 0 Å². The van der Waals surface area contributed by atoms with Gasteiger partial charge in [-0.25, -0.2) is 0 Å². The predicted octanol–water partition coefficient (Wildman–Crippen LogP) is 2.86. The summed E-state index contributed by atoms with van der Waals surface area (Å²) in [6, 6.07) is 12.8. The second kappa shape index (κ2) is 10.7. The van der Waals surface area contributed by atoms with E-state index in [4.69, 9.17) is 9.47 Å². The first kappa shape index (κ1) is 24.9. The van der Waals surface area contributed by atoms with Crippen molar-refractivity contribution in [1.29, 1.82) is 0 Å². The van der Waals surface area contributed by atoms with Crippen LogP contribution in [0.4, 0.5) is 0 Å². The number of likely N-dealkylation sites (tertiary alicyclic amines) is 1. The van der Waals surface area contributed by atoms with Gasteiger partial charge < -0.3 is 19.7 Å². The van der Waals surface area contributed by atoms with Crippen LogP contribution >= 0.6 is 0 Å². The number of rotatable bonds is 2. The van der Waals surface area contributed by atoms with E-state index in [0.29, 0.717) is 43.3 Å². The molecule has 0 saturated carbocycles. The van der Waals surface area contributed by atoms with Gasteiger partial charge in [0.25, 0.3) is 5.91 Å². The Bertz CT molecular complexity index is 1310. The van der Waals surface area contributed by atoms with Gasteiger partial charge in [-0.05, 0) is 49.2 Å². The van der Waals surface area contributed by atoms with E-state index in [1.165, 1.54) is 4.90 Å². The molecular weight excluding hydrogens is 470 g/mol. The van der Waals surface area contributed by atoms with Crippen molar-refractivity contribution in [1.82, 2.24) is 25.1 Å². The van der Waals surface area contributed by atoms with Crippen molar-refractivity contribution in [2.24, 2.45) is 0 Å². The number of carbonyl (C=O) groups is 2. The van der Waals surface area contributed by atoms with Gasteiger partial charge in [0.15, 0.2) is 0 Å². The van der Waals surface area contributed by atoms with Gasteiger partial charge in [0, 0.05) is 44.6 Å². The zero-order valence-electron chi connectivity index (χ0n) is 21.3. The van der Waals surface area contributed by atoms with Crippen LogP contribution in [0.15, 0.2) is 54.9 Å². The number of aromatic nitrogens is 2. The standard InChI is InChI=1S/C28H31N5O4/c1-18-7-8-21-12-25(18)37-22-6-4-5-20(11-22)17-36-26-15-33(13-23-19(2)29-9-10-30-23)14-24(26)31-27(34)16-32(3)28(21)35/h4-12,24,26H,13-17H2,1-3H3,(H,31,34)/t24-,26-/m0/s1. The molecule has 9 nitrogen and oxygen atoms in total. The summed E-state index contributed by atoms with van der Waals surface area (Å²) in [6.07, 6.45) is 3.15. The van der Waals surface area contributed by atoms with E-state index >= 15 is 0 Å². The summed E-state index contributed by atoms with van der Waals surface area (Å²) in [5.41, 5.74) is 4.12. The van der Waals surface area contributed by atoms with Gasteiger partial charge in [0.05, 0.1) is 36.7 Å². The molecule has 1 fully saturated rings. The summed E-state index contributed by atoms with van der Waals surface area (Å²) in [5, 5.41) is 3.10. The molecule has 9 heteroatoms. The fraction of sp³-hybridized carbons (Fsp3) is 0.357. The Labute approximate surface area is 216 Å². The maximum atomic E-state index is 13.1. The SMILES string of the molecule is Cc1ccc2cc1Oc1cccc(c1)CO[C@H]1CN(Cc3nccnc3C)C[C@@H]1NC(=O)CN(C)C2=O. The highest BCUT2D eigenvalue weighted by Crippen LogP contribution is 2.28. The molecule has 0 radical (unpaired) electrons. The molecule has 0 spiro atoms. The van der Waals surface area contributed by atoms with Gasteiger partial charge >= 0.3 is 0 Å². The first-order valence-electron chi connectivity index (χ1n) is 12.4. The zero-order chi connectivity index (χ0) is 25.9. The Hall–Kier alpha value is -3.82. The Kier molecular flexibility index (Phi) is 7.16. The van der Waals surface area contributed by atoms with Crippen LogP contribution in [0.5, 0.6) is 11.5 Å². The van der Waals surface area contributed by atoms with Crippen molar-refractivity contribution in [3.8, 4) is 11.5 Å². The van der Waals surface area contributed by atoms with Crippen molar-refractivity contribution in [2.45, 2.75) is 39.1 Å². The smallest absolute Gasteiger partial charge is 0.254 e. The number of hydrogen-bond donors (Lipinski definition) is 1. The van der Waals surface area contributed by atoms with E-state index in [-0.39, 0.29) is 30.5 Å². The monoisotopic (exact) mass is 501 g/mol. The van der Waals surface area contributed by atoms with Crippen LogP contribution in [-0.4, -0.2) is 70.4 Å². The molecule has 192 valence electrons. The van der Waals surface area contributed by atoms with Gasteiger partial charge in [-0.3, -0.25) is 24.5 Å². The fourth-order valence-corrected chi connectivity index (χ4v) is 4.72. The van der Waals surface area contributed by atoms with E-state index in [9.17, 15) is 9.59 Å². The summed E-state index contributed by atoms with van der Waals surface area (Å²) < 4.78 is 12.5. The summed E-state index contributed by atoms with van der Waals surface area (Å²) in [5.74, 6) is 0.787. The number of fused-ring (bicyclic) bond motifs is 5. The van der Waals surface area contributed by atoms with Gasteiger partial charge in [-0.1, -0.05) is 18.2 Å². The molecule has 2 aliphatic heterocycles. The maximum Gasteiger partial charge on any atom is 0.254 e. The molecule has 1 saturated heterocycles. The number of hydrogen-bond acceptors (Lipinski definition) is 7. The van der Waals surface area contributed by atoms with Crippen molar-refractivity contribution < 1.29 is 19.1 Å². The topological polar surface area (TPSA) is 96.9 Å². The van der Waals surface area contributed by atoms with Crippen LogP contribution < -0.4 is 10.1 Å². The zero-order valence-corrected chi connectivity index (χ0v) is 21.3. The minimum Gasteiger partial charge on any atom is -0.457 e. The van der Waals surface area contributed by atoms with E-state index in [2.05, 4.69) is 20.2 Å². The Balaban J connectivity index is 1.41. The quantitative estimate of drug-likeness (QED) is 0.577. The average Bonchev–Trinajstić information content (AvgIpc) is 3.25. The molecule has 2 atom stereocenters. The van der Waals surface area contributed by atoms with Crippen LogP contribution in [0, 0.1) is 13.8 Å². The molecule has 37 heavy (non-hydrogen) atoms. The molecule has 1 aromatic heterocycles. The fourth-order valence-electron chi connectivity index (χ4n) is 4.72. The minimum absolute atomic E-state index is 0.0611. The van der Waals surface area contributed by atoms with E-state index in [1.54, 1.807) is 31.6 Å². The number of benzene rings is 2. The first-order valence-corrected chi connectivity index (χ1v) is 12.4.